The minimum absolute atomic E-state index is 0.0380. The van der Waals surface area contributed by atoms with E-state index in [-0.39, 0.29) is 5.91 Å². The molecular formula is C19H23N3O2. The van der Waals surface area contributed by atoms with Gasteiger partial charge in [-0.25, -0.2) is 4.98 Å². The monoisotopic (exact) mass is 325 g/mol. The molecule has 1 aromatic carbocycles. The first-order valence-electron chi connectivity index (χ1n) is 8.28. The Morgan fingerprint density at radius 1 is 1.21 bits per heavy atom. The largest absolute Gasteiger partial charge is 0.439 e. The van der Waals surface area contributed by atoms with E-state index >= 15 is 0 Å². The maximum absolute atomic E-state index is 12.8. The summed E-state index contributed by atoms with van der Waals surface area (Å²) in [6.07, 6.45) is 3.71. The number of likely N-dealkylation sites (tertiary alicyclic amines) is 1. The lowest BCUT2D eigenvalue weighted by atomic mass is 10.0. The normalized spacial score (nSPS) is 15.9. The summed E-state index contributed by atoms with van der Waals surface area (Å²) < 4.78 is 5.72. The van der Waals surface area contributed by atoms with Gasteiger partial charge < -0.3 is 14.5 Å². The van der Waals surface area contributed by atoms with Gasteiger partial charge in [0.25, 0.3) is 5.91 Å². The fourth-order valence-corrected chi connectivity index (χ4v) is 2.97. The molecule has 1 aliphatic rings. The van der Waals surface area contributed by atoms with Crippen LogP contribution in [0.25, 0.3) is 0 Å². The molecule has 5 heteroatoms. The fourth-order valence-electron chi connectivity index (χ4n) is 2.97. The second-order valence-corrected chi connectivity index (χ2v) is 6.25. The van der Waals surface area contributed by atoms with Crippen LogP contribution in [0.15, 0.2) is 48.7 Å². The SMILES string of the molecule is CN1CCC(N(C)C(=O)c2cccc(Oc3ccccn3)c2)CC1. The van der Waals surface area contributed by atoms with Crippen molar-refractivity contribution in [1.82, 2.24) is 14.8 Å². The summed E-state index contributed by atoms with van der Waals surface area (Å²) in [6.45, 7) is 2.07. The van der Waals surface area contributed by atoms with E-state index in [0.717, 1.165) is 25.9 Å². The summed E-state index contributed by atoms with van der Waals surface area (Å²) in [5.41, 5.74) is 0.643. The highest BCUT2D eigenvalue weighted by atomic mass is 16.5. The van der Waals surface area contributed by atoms with Crippen molar-refractivity contribution in [2.45, 2.75) is 18.9 Å². The molecule has 0 radical (unpaired) electrons. The van der Waals surface area contributed by atoms with Crippen LogP contribution in [0.1, 0.15) is 23.2 Å². The molecule has 24 heavy (non-hydrogen) atoms. The highest BCUT2D eigenvalue weighted by Gasteiger charge is 2.24. The van der Waals surface area contributed by atoms with Gasteiger partial charge in [-0.3, -0.25) is 4.79 Å². The number of benzene rings is 1. The Hall–Kier alpha value is -2.40. The molecule has 1 amide bonds. The first kappa shape index (κ1) is 16.5. The number of nitrogens with zero attached hydrogens (tertiary/aromatic N) is 3. The molecule has 0 unspecified atom stereocenters. The Kier molecular flexibility index (Phi) is 5.11. The molecule has 1 aliphatic heterocycles. The number of carbonyl (C=O) groups is 1. The molecule has 0 atom stereocenters. The smallest absolute Gasteiger partial charge is 0.253 e. The quantitative estimate of drug-likeness (QED) is 0.867. The number of ether oxygens (including phenoxy) is 1. The van der Waals surface area contributed by atoms with E-state index in [9.17, 15) is 4.79 Å². The topological polar surface area (TPSA) is 45.7 Å². The van der Waals surface area contributed by atoms with E-state index in [0.29, 0.717) is 23.2 Å². The Morgan fingerprint density at radius 3 is 2.71 bits per heavy atom. The molecule has 2 aromatic rings. The number of aromatic nitrogens is 1. The Morgan fingerprint density at radius 2 is 2.00 bits per heavy atom. The number of amides is 1. The lowest BCUT2D eigenvalue weighted by molar-refractivity contribution is 0.0659. The summed E-state index contributed by atoms with van der Waals surface area (Å²) in [4.78, 5) is 21.1. The minimum atomic E-state index is 0.0380. The van der Waals surface area contributed by atoms with Gasteiger partial charge in [0.2, 0.25) is 5.88 Å². The molecule has 3 rings (SSSR count). The fraction of sp³-hybridized carbons (Fsp3) is 0.368. The molecular weight excluding hydrogens is 302 g/mol. The minimum Gasteiger partial charge on any atom is -0.439 e. The summed E-state index contributed by atoms with van der Waals surface area (Å²) in [6, 6.07) is 13.1. The zero-order valence-corrected chi connectivity index (χ0v) is 14.2. The Labute approximate surface area is 142 Å². The van der Waals surface area contributed by atoms with Gasteiger partial charge in [-0.2, -0.15) is 0 Å². The third-order valence-corrected chi connectivity index (χ3v) is 4.50. The van der Waals surface area contributed by atoms with Gasteiger partial charge in [0.05, 0.1) is 0 Å². The first-order valence-corrected chi connectivity index (χ1v) is 8.28. The third kappa shape index (κ3) is 3.92. The van der Waals surface area contributed by atoms with Gasteiger partial charge in [-0.15, -0.1) is 0 Å². The van der Waals surface area contributed by atoms with Crippen LogP contribution in [0.3, 0.4) is 0 Å². The van der Waals surface area contributed by atoms with Gasteiger partial charge in [0.15, 0.2) is 0 Å². The van der Waals surface area contributed by atoms with Gasteiger partial charge in [-0.1, -0.05) is 12.1 Å². The van der Waals surface area contributed by atoms with E-state index in [1.165, 1.54) is 0 Å². The van der Waals surface area contributed by atoms with Crippen molar-refractivity contribution in [3.8, 4) is 11.6 Å². The third-order valence-electron chi connectivity index (χ3n) is 4.50. The lowest BCUT2D eigenvalue weighted by Crippen LogP contribution is -2.44. The van der Waals surface area contributed by atoms with Crippen molar-refractivity contribution in [1.29, 1.82) is 0 Å². The molecule has 5 nitrogen and oxygen atoms in total. The summed E-state index contributed by atoms with van der Waals surface area (Å²) in [7, 11) is 4.01. The maximum Gasteiger partial charge on any atom is 0.253 e. The van der Waals surface area contributed by atoms with E-state index in [2.05, 4.69) is 16.9 Å². The standard InChI is InChI=1S/C19H23N3O2/c1-21-12-9-16(10-13-21)22(2)19(23)15-6-5-7-17(14-15)24-18-8-3-4-11-20-18/h3-8,11,14,16H,9-10,12-13H2,1-2H3. The molecule has 1 fully saturated rings. The van der Waals surface area contributed by atoms with Crippen LogP contribution >= 0.6 is 0 Å². The lowest BCUT2D eigenvalue weighted by Gasteiger charge is -2.35. The zero-order chi connectivity index (χ0) is 16.9. The van der Waals surface area contributed by atoms with E-state index < -0.39 is 0 Å². The maximum atomic E-state index is 12.8. The van der Waals surface area contributed by atoms with Crippen molar-refractivity contribution in [2.24, 2.45) is 0 Å². The van der Waals surface area contributed by atoms with Crippen LogP contribution in [0.4, 0.5) is 0 Å². The van der Waals surface area contributed by atoms with Crippen LogP contribution in [0.5, 0.6) is 11.6 Å². The molecule has 126 valence electrons. The van der Waals surface area contributed by atoms with Crippen LogP contribution < -0.4 is 4.74 Å². The average Bonchev–Trinajstić information content (AvgIpc) is 2.62. The predicted molar refractivity (Wildman–Crippen MR) is 93.4 cm³/mol. The van der Waals surface area contributed by atoms with Crippen molar-refractivity contribution in [3.63, 3.8) is 0 Å². The first-order chi connectivity index (χ1) is 11.6. The van der Waals surface area contributed by atoms with Crippen molar-refractivity contribution >= 4 is 5.91 Å². The molecule has 1 aromatic heterocycles. The molecule has 2 heterocycles. The van der Waals surface area contributed by atoms with Crippen molar-refractivity contribution in [3.05, 3.63) is 54.2 Å². The number of piperidine rings is 1. The van der Waals surface area contributed by atoms with Gasteiger partial charge in [0, 0.05) is 30.9 Å². The summed E-state index contributed by atoms with van der Waals surface area (Å²) in [5.74, 6) is 1.18. The summed E-state index contributed by atoms with van der Waals surface area (Å²) in [5, 5.41) is 0. The second kappa shape index (κ2) is 7.45. The molecule has 0 spiro atoms. The Bertz CT molecular complexity index is 682. The Balaban J connectivity index is 1.69. The predicted octanol–water partition coefficient (Wildman–Crippen LogP) is 3.04. The van der Waals surface area contributed by atoms with Gasteiger partial charge in [0.1, 0.15) is 5.75 Å². The highest BCUT2D eigenvalue weighted by molar-refractivity contribution is 5.94. The van der Waals surface area contributed by atoms with Crippen molar-refractivity contribution in [2.75, 3.05) is 27.2 Å². The number of hydrogen-bond donors (Lipinski definition) is 0. The van der Waals surface area contributed by atoms with Crippen LogP contribution in [0, 0.1) is 0 Å². The number of pyridine rings is 1. The van der Waals surface area contributed by atoms with Crippen LogP contribution in [0.2, 0.25) is 0 Å². The van der Waals surface area contributed by atoms with Gasteiger partial charge >= 0.3 is 0 Å². The van der Waals surface area contributed by atoms with E-state index in [4.69, 9.17) is 4.74 Å². The average molecular weight is 325 g/mol. The van der Waals surface area contributed by atoms with Crippen molar-refractivity contribution < 1.29 is 9.53 Å². The van der Waals surface area contributed by atoms with Crippen LogP contribution in [-0.2, 0) is 0 Å². The molecule has 0 N–H and O–H groups in total. The van der Waals surface area contributed by atoms with E-state index in [1.54, 1.807) is 18.3 Å². The molecule has 0 aliphatic carbocycles. The second-order valence-electron chi connectivity index (χ2n) is 6.25. The van der Waals surface area contributed by atoms with Gasteiger partial charge in [-0.05, 0) is 57.2 Å². The number of hydrogen-bond acceptors (Lipinski definition) is 4. The molecule has 1 saturated heterocycles. The molecule has 0 bridgehead atoms. The molecule has 0 saturated carbocycles. The zero-order valence-electron chi connectivity index (χ0n) is 14.2. The number of rotatable bonds is 4. The highest BCUT2D eigenvalue weighted by Crippen LogP contribution is 2.22. The summed E-state index contributed by atoms with van der Waals surface area (Å²) >= 11 is 0. The van der Waals surface area contributed by atoms with Crippen LogP contribution in [-0.4, -0.2) is 53.9 Å². The van der Waals surface area contributed by atoms with E-state index in [1.807, 2.05) is 42.3 Å². The number of carbonyl (C=O) groups excluding carboxylic acids is 1.